The van der Waals surface area contributed by atoms with Gasteiger partial charge in [0.1, 0.15) is 0 Å². The smallest absolute Gasteiger partial charge is 0.323 e. The first-order valence-corrected chi connectivity index (χ1v) is 7.87. The molecular formula is C16H20N4O2. The molecule has 0 bridgehead atoms. The summed E-state index contributed by atoms with van der Waals surface area (Å²) in [4.78, 5) is 31.6. The van der Waals surface area contributed by atoms with E-state index in [9.17, 15) is 9.59 Å². The molecule has 1 saturated heterocycles. The van der Waals surface area contributed by atoms with Gasteiger partial charge in [0.25, 0.3) is 5.91 Å². The number of aromatic amines is 2. The lowest BCUT2D eigenvalue weighted by molar-refractivity contribution is 0.0931. The van der Waals surface area contributed by atoms with Crippen molar-refractivity contribution in [3.8, 4) is 0 Å². The van der Waals surface area contributed by atoms with Gasteiger partial charge in [-0.2, -0.15) is 0 Å². The van der Waals surface area contributed by atoms with E-state index in [1.807, 2.05) is 0 Å². The van der Waals surface area contributed by atoms with Crippen LogP contribution in [0.4, 0.5) is 0 Å². The second kappa shape index (κ2) is 4.98. The van der Waals surface area contributed by atoms with E-state index in [2.05, 4.69) is 27.1 Å². The van der Waals surface area contributed by atoms with Crippen LogP contribution in [0.3, 0.4) is 0 Å². The first-order chi connectivity index (χ1) is 10.6. The first kappa shape index (κ1) is 13.6. The van der Waals surface area contributed by atoms with E-state index in [1.54, 1.807) is 18.2 Å². The molecule has 116 valence electrons. The maximum Gasteiger partial charge on any atom is 0.323 e. The van der Waals surface area contributed by atoms with Crippen molar-refractivity contribution in [1.29, 1.82) is 0 Å². The third kappa shape index (κ3) is 2.43. The molecule has 1 amide bonds. The lowest BCUT2D eigenvalue weighted by atomic mass is 10.1. The van der Waals surface area contributed by atoms with Gasteiger partial charge < -0.3 is 15.3 Å². The van der Waals surface area contributed by atoms with Crippen LogP contribution in [-0.4, -0.2) is 45.9 Å². The molecule has 2 heterocycles. The quantitative estimate of drug-likeness (QED) is 0.793. The van der Waals surface area contributed by atoms with E-state index in [1.165, 1.54) is 12.8 Å². The number of hydrogen-bond donors (Lipinski definition) is 3. The van der Waals surface area contributed by atoms with Crippen molar-refractivity contribution in [2.75, 3.05) is 13.1 Å². The van der Waals surface area contributed by atoms with Crippen LogP contribution >= 0.6 is 0 Å². The number of fused-ring (bicyclic) bond motifs is 1. The molecule has 1 aromatic carbocycles. The number of rotatable bonds is 3. The summed E-state index contributed by atoms with van der Waals surface area (Å²) in [7, 11) is 0. The summed E-state index contributed by atoms with van der Waals surface area (Å²) in [6.45, 7) is 4.21. The van der Waals surface area contributed by atoms with Crippen molar-refractivity contribution in [3.05, 3.63) is 34.2 Å². The monoisotopic (exact) mass is 300 g/mol. The zero-order chi connectivity index (χ0) is 15.3. The van der Waals surface area contributed by atoms with Gasteiger partial charge >= 0.3 is 5.69 Å². The molecule has 6 heteroatoms. The minimum absolute atomic E-state index is 0.0709. The number of nitrogens with zero attached hydrogens (tertiary/aromatic N) is 1. The van der Waals surface area contributed by atoms with Crippen LogP contribution in [0.5, 0.6) is 0 Å². The molecule has 1 aliphatic carbocycles. The highest BCUT2D eigenvalue weighted by Gasteiger charge is 2.38. The van der Waals surface area contributed by atoms with Gasteiger partial charge in [0.15, 0.2) is 0 Å². The molecule has 2 atom stereocenters. The predicted molar refractivity (Wildman–Crippen MR) is 83.9 cm³/mol. The van der Waals surface area contributed by atoms with E-state index < -0.39 is 0 Å². The van der Waals surface area contributed by atoms with Gasteiger partial charge in [-0.05, 0) is 37.0 Å². The van der Waals surface area contributed by atoms with Gasteiger partial charge in [-0.3, -0.25) is 9.69 Å². The molecule has 1 aromatic heterocycles. The zero-order valence-electron chi connectivity index (χ0n) is 12.6. The SMILES string of the molecule is C[C@@H]1CN(C2CC2)C[C@H]1NC(=O)c1ccc2[nH]c(=O)[nH]c2c1. The van der Waals surface area contributed by atoms with Crippen LogP contribution in [0.2, 0.25) is 0 Å². The maximum atomic E-state index is 12.5. The molecule has 0 unspecified atom stereocenters. The fraction of sp³-hybridized carbons (Fsp3) is 0.500. The number of carbonyl (C=O) groups excluding carboxylic acids is 1. The van der Waals surface area contributed by atoms with Crippen LogP contribution in [0, 0.1) is 5.92 Å². The van der Waals surface area contributed by atoms with E-state index >= 15 is 0 Å². The van der Waals surface area contributed by atoms with Gasteiger partial charge in [-0.15, -0.1) is 0 Å². The fourth-order valence-electron chi connectivity index (χ4n) is 3.36. The van der Waals surface area contributed by atoms with Crippen molar-refractivity contribution in [2.24, 2.45) is 5.92 Å². The molecule has 6 nitrogen and oxygen atoms in total. The number of H-pyrrole nitrogens is 2. The Morgan fingerprint density at radius 1 is 1.23 bits per heavy atom. The highest BCUT2D eigenvalue weighted by atomic mass is 16.2. The maximum absolute atomic E-state index is 12.5. The third-order valence-electron chi connectivity index (χ3n) is 4.80. The Bertz CT molecular complexity index is 774. The lowest BCUT2D eigenvalue weighted by Crippen LogP contribution is -2.40. The first-order valence-electron chi connectivity index (χ1n) is 7.87. The van der Waals surface area contributed by atoms with Crippen LogP contribution in [-0.2, 0) is 0 Å². The highest BCUT2D eigenvalue weighted by molar-refractivity contribution is 5.97. The van der Waals surface area contributed by atoms with Crippen molar-refractivity contribution < 1.29 is 4.79 Å². The van der Waals surface area contributed by atoms with E-state index in [0.717, 1.165) is 24.6 Å². The lowest BCUT2D eigenvalue weighted by Gasteiger charge is -2.17. The number of benzene rings is 1. The number of nitrogens with one attached hydrogen (secondary N) is 3. The summed E-state index contributed by atoms with van der Waals surface area (Å²) < 4.78 is 0. The van der Waals surface area contributed by atoms with Crippen molar-refractivity contribution in [1.82, 2.24) is 20.2 Å². The van der Waals surface area contributed by atoms with Gasteiger partial charge in [0.2, 0.25) is 0 Å². The average Bonchev–Trinajstić information content (AvgIpc) is 3.17. The molecule has 2 aliphatic rings. The van der Waals surface area contributed by atoms with Crippen molar-refractivity contribution in [2.45, 2.75) is 31.8 Å². The molecule has 0 radical (unpaired) electrons. The third-order valence-corrected chi connectivity index (χ3v) is 4.80. The molecule has 1 aliphatic heterocycles. The molecule has 0 spiro atoms. The second-order valence-electron chi connectivity index (χ2n) is 6.58. The number of amides is 1. The van der Waals surface area contributed by atoms with Gasteiger partial charge in [0.05, 0.1) is 11.0 Å². The molecule has 3 N–H and O–H groups in total. The number of carbonyl (C=O) groups is 1. The molecule has 2 fully saturated rings. The van der Waals surface area contributed by atoms with Gasteiger partial charge in [-0.25, -0.2) is 4.79 Å². The summed E-state index contributed by atoms with van der Waals surface area (Å²) in [5.41, 5.74) is 1.71. The van der Waals surface area contributed by atoms with Crippen molar-refractivity contribution >= 4 is 16.9 Å². The number of aromatic nitrogens is 2. The van der Waals surface area contributed by atoms with E-state index in [0.29, 0.717) is 17.0 Å². The molecular weight excluding hydrogens is 280 g/mol. The van der Waals surface area contributed by atoms with Crippen LogP contribution in [0.1, 0.15) is 30.1 Å². The Hall–Kier alpha value is -2.08. The summed E-state index contributed by atoms with van der Waals surface area (Å²) >= 11 is 0. The normalized spacial score (nSPS) is 25.7. The largest absolute Gasteiger partial charge is 0.348 e. The second-order valence-corrected chi connectivity index (χ2v) is 6.58. The Balaban J connectivity index is 1.49. The van der Waals surface area contributed by atoms with Crippen LogP contribution in [0.15, 0.2) is 23.0 Å². The highest BCUT2D eigenvalue weighted by Crippen LogP contribution is 2.31. The Kier molecular flexibility index (Phi) is 3.07. The summed E-state index contributed by atoms with van der Waals surface area (Å²) in [6.07, 6.45) is 2.59. The van der Waals surface area contributed by atoms with Crippen molar-refractivity contribution in [3.63, 3.8) is 0 Å². The molecule has 4 rings (SSSR count). The molecule has 2 aromatic rings. The minimum Gasteiger partial charge on any atom is -0.348 e. The Labute approximate surface area is 127 Å². The van der Waals surface area contributed by atoms with E-state index in [4.69, 9.17) is 0 Å². The summed E-state index contributed by atoms with van der Waals surface area (Å²) in [5, 5.41) is 3.15. The fourth-order valence-corrected chi connectivity index (χ4v) is 3.36. The molecule has 22 heavy (non-hydrogen) atoms. The average molecular weight is 300 g/mol. The standard InChI is InChI=1S/C16H20N4O2/c1-9-7-20(11-3-4-11)8-14(9)17-15(21)10-2-5-12-13(6-10)19-16(22)18-12/h2,5-6,9,11,14H,3-4,7-8H2,1H3,(H,17,21)(H2,18,19,22)/t9-,14-/m1/s1. The topological polar surface area (TPSA) is 81.0 Å². The minimum atomic E-state index is -0.253. The predicted octanol–water partition coefficient (Wildman–Crippen LogP) is 1.07. The van der Waals surface area contributed by atoms with E-state index in [-0.39, 0.29) is 17.6 Å². The Morgan fingerprint density at radius 3 is 2.77 bits per heavy atom. The Morgan fingerprint density at radius 2 is 2.00 bits per heavy atom. The molecule has 1 saturated carbocycles. The number of hydrogen-bond acceptors (Lipinski definition) is 3. The summed E-state index contributed by atoms with van der Waals surface area (Å²) in [6, 6.07) is 6.18. The van der Waals surface area contributed by atoms with Gasteiger partial charge in [0, 0.05) is 30.7 Å². The zero-order valence-corrected chi connectivity index (χ0v) is 12.6. The van der Waals surface area contributed by atoms with Crippen LogP contribution in [0.25, 0.3) is 11.0 Å². The van der Waals surface area contributed by atoms with Gasteiger partial charge in [-0.1, -0.05) is 6.92 Å². The summed E-state index contributed by atoms with van der Waals surface area (Å²) in [5.74, 6) is 0.402. The van der Waals surface area contributed by atoms with Crippen LogP contribution < -0.4 is 11.0 Å². The number of imidazole rings is 1. The number of likely N-dealkylation sites (tertiary alicyclic amines) is 1.